The Morgan fingerprint density at radius 2 is 2.00 bits per heavy atom. The summed E-state index contributed by atoms with van der Waals surface area (Å²) in [5.41, 5.74) is 5.77. The van der Waals surface area contributed by atoms with Gasteiger partial charge in [0.1, 0.15) is 0 Å². The third-order valence-corrected chi connectivity index (χ3v) is 4.16. The lowest BCUT2D eigenvalue weighted by molar-refractivity contribution is 0.185. The molecule has 6 nitrogen and oxygen atoms in total. The molecule has 136 valence electrons. The second-order valence-corrected chi connectivity index (χ2v) is 6.07. The minimum Gasteiger partial charge on any atom is -0.380 e. The topological polar surface area (TPSA) is 63.5 Å². The molecule has 0 unspecified atom stereocenters. The molecule has 0 aliphatic rings. The van der Waals surface area contributed by atoms with Gasteiger partial charge in [0, 0.05) is 38.5 Å². The SMILES string of the molecule is CCNC(=NCc1cccc(COC)c1)NCc1c(C)nn(C)c1C. The molecule has 25 heavy (non-hydrogen) atoms. The number of nitrogens with one attached hydrogen (secondary N) is 2. The van der Waals surface area contributed by atoms with E-state index in [1.807, 2.05) is 24.7 Å². The highest BCUT2D eigenvalue weighted by atomic mass is 16.5. The molecule has 2 rings (SSSR count). The van der Waals surface area contributed by atoms with Crippen LogP contribution in [-0.4, -0.2) is 29.4 Å². The molecular weight excluding hydrogens is 314 g/mol. The maximum atomic E-state index is 5.19. The van der Waals surface area contributed by atoms with Gasteiger partial charge in [-0.1, -0.05) is 24.3 Å². The summed E-state index contributed by atoms with van der Waals surface area (Å²) in [5, 5.41) is 11.2. The quantitative estimate of drug-likeness (QED) is 0.599. The lowest BCUT2D eigenvalue weighted by Crippen LogP contribution is -2.37. The van der Waals surface area contributed by atoms with E-state index in [4.69, 9.17) is 9.73 Å². The Hall–Kier alpha value is -2.34. The Morgan fingerprint density at radius 1 is 1.24 bits per heavy atom. The first-order valence-corrected chi connectivity index (χ1v) is 8.63. The zero-order valence-electron chi connectivity index (χ0n) is 15.9. The van der Waals surface area contributed by atoms with Crippen molar-refractivity contribution in [1.82, 2.24) is 20.4 Å². The van der Waals surface area contributed by atoms with Crippen molar-refractivity contribution in [3.05, 3.63) is 52.3 Å². The van der Waals surface area contributed by atoms with E-state index in [0.717, 1.165) is 23.8 Å². The fraction of sp³-hybridized carbons (Fsp3) is 0.474. The molecule has 6 heteroatoms. The first-order chi connectivity index (χ1) is 12.0. The number of benzene rings is 1. The van der Waals surface area contributed by atoms with Crippen LogP contribution in [0.2, 0.25) is 0 Å². The average Bonchev–Trinajstić information content (AvgIpc) is 2.83. The molecule has 0 spiro atoms. The van der Waals surface area contributed by atoms with E-state index in [1.165, 1.54) is 16.8 Å². The molecule has 0 aliphatic carbocycles. The molecule has 2 N–H and O–H groups in total. The fourth-order valence-corrected chi connectivity index (χ4v) is 2.74. The van der Waals surface area contributed by atoms with Gasteiger partial charge in [0.15, 0.2) is 5.96 Å². The predicted octanol–water partition coefficient (Wildman–Crippen LogP) is 2.44. The second-order valence-electron chi connectivity index (χ2n) is 6.07. The number of hydrogen-bond acceptors (Lipinski definition) is 3. The lowest BCUT2D eigenvalue weighted by atomic mass is 10.1. The second kappa shape index (κ2) is 9.22. The molecule has 0 saturated heterocycles. The van der Waals surface area contributed by atoms with Crippen LogP contribution in [0, 0.1) is 13.8 Å². The summed E-state index contributed by atoms with van der Waals surface area (Å²) >= 11 is 0. The van der Waals surface area contributed by atoms with E-state index < -0.39 is 0 Å². The summed E-state index contributed by atoms with van der Waals surface area (Å²) in [6.07, 6.45) is 0. The summed E-state index contributed by atoms with van der Waals surface area (Å²) in [6, 6.07) is 8.32. The Bertz CT molecular complexity index is 721. The Morgan fingerprint density at radius 3 is 2.64 bits per heavy atom. The predicted molar refractivity (Wildman–Crippen MR) is 101 cm³/mol. The summed E-state index contributed by atoms with van der Waals surface area (Å²) in [7, 11) is 3.68. The van der Waals surface area contributed by atoms with Gasteiger partial charge < -0.3 is 15.4 Å². The molecule has 0 fully saturated rings. The number of guanidine groups is 1. The van der Waals surface area contributed by atoms with Crippen LogP contribution < -0.4 is 10.6 Å². The van der Waals surface area contributed by atoms with Crippen molar-refractivity contribution in [1.29, 1.82) is 0 Å². The van der Waals surface area contributed by atoms with Gasteiger partial charge in [-0.3, -0.25) is 4.68 Å². The zero-order valence-corrected chi connectivity index (χ0v) is 15.9. The maximum Gasteiger partial charge on any atom is 0.191 e. The highest BCUT2D eigenvalue weighted by molar-refractivity contribution is 5.79. The number of methoxy groups -OCH3 is 1. The van der Waals surface area contributed by atoms with E-state index in [-0.39, 0.29) is 0 Å². The molecule has 1 aromatic carbocycles. The van der Waals surface area contributed by atoms with Crippen LogP contribution in [0.4, 0.5) is 0 Å². The van der Waals surface area contributed by atoms with Crippen molar-refractivity contribution in [2.24, 2.45) is 12.0 Å². The van der Waals surface area contributed by atoms with Gasteiger partial charge in [0.05, 0.1) is 18.8 Å². The summed E-state index contributed by atoms with van der Waals surface area (Å²) in [5.74, 6) is 0.808. The zero-order chi connectivity index (χ0) is 18.2. The van der Waals surface area contributed by atoms with Crippen molar-refractivity contribution < 1.29 is 4.74 Å². The largest absolute Gasteiger partial charge is 0.380 e. The Kier molecular flexibility index (Phi) is 7.01. The molecule has 1 heterocycles. The van der Waals surface area contributed by atoms with Crippen LogP contribution in [0.25, 0.3) is 0 Å². The molecule has 2 aromatic rings. The van der Waals surface area contributed by atoms with Crippen LogP contribution >= 0.6 is 0 Å². The van der Waals surface area contributed by atoms with Crippen LogP contribution in [0.15, 0.2) is 29.3 Å². The van der Waals surface area contributed by atoms with Crippen molar-refractivity contribution in [3.8, 4) is 0 Å². The monoisotopic (exact) mass is 343 g/mol. The van der Waals surface area contributed by atoms with Gasteiger partial charge in [0.2, 0.25) is 0 Å². The molecule has 0 radical (unpaired) electrons. The van der Waals surface area contributed by atoms with E-state index in [0.29, 0.717) is 19.7 Å². The fourth-order valence-electron chi connectivity index (χ4n) is 2.74. The maximum absolute atomic E-state index is 5.19. The van der Waals surface area contributed by atoms with Gasteiger partial charge in [0.25, 0.3) is 0 Å². The highest BCUT2D eigenvalue weighted by Gasteiger charge is 2.09. The van der Waals surface area contributed by atoms with Crippen LogP contribution in [0.1, 0.15) is 35.0 Å². The minimum absolute atomic E-state index is 0.620. The molecule has 0 amide bonds. The molecule has 0 bridgehead atoms. The van der Waals surface area contributed by atoms with Gasteiger partial charge in [-0.2, -0.15) is 5.10 Å². The number of aromatic nitrogens is 2. The number of hydrogen-bond donors (Lipinski definition) is 2. The number of ether oxygens (including phenoxy) is 1. The van der Waals surface area contributed by atoms with E-state index in [2.05, 4.69) is 47.8 Å². The van der Waals surface area contributed by atoms with E-state index >= 15 is 0 Å². The molecule has 0 atom stereocenters. The molecule has 0 aliphatic heterocycles. The van der Waals surface area contributed by atoms with Crippen LogP contribution in [0.3, 0.4) is 0 Å². The third kappa shape index (κ3) is 5.32. The molecule has 1 aromatic heterocycles. The Balaban J connectivity index is 2.04. The number of nitrogens with zero attached hydrogens (tertiary/aromatic N) is 3. The molecule has 0 saturated carbocycles. The first kappa shape index (κ1) is 19.0. The first-order valence-electron chi connectivity index (χ1n) is 8.63. The standard InChI is InChI=1S/C19H29N5O/c1-6-20-19(22-12-18-14(2)23-24(4)15(18)3)21-11-16-8-7-9-17(10-16)13-25-5/h7-10H,6,11-13H2,1-5H3,(H2,20,21,22). The van der Waals surface area contributed by atoms with Crippen LogP contribution in [0.5, 0.6) is 0 Å². The number of aliphatic imine (C=N–C) groups is 1. The van der Waals surface area contributed by atoms with Crippen molar-refractivity contribution >= 4 is 5.96 Å². The Labute approximate surface area is 150 Å². The molecular formula is C19H29N5O. The third-order valence-electron chi connectivity index (χ3n) is 4.16. The number of rotatable bonds is 7. The van der Waals surface area contributed by atoms with Gasteiger partial charge in [-0.15, -0.1) is 0 Å². The summed E-state index contributed by atoms with van der Waals surface area (Å²) in [6.45, 7) is 8.96. The lowest BCUT2D eigenvalue weighted by Gasteiger charge is -2.12. The van der Waals surface area contributed by atoms with Crippen molar-refractivity contribution in [2.75, 3.05) is 13.7 Å². The average molecular weight is 343 g/mol. The van der Waals surface area contributed by atoms with Crippen LogP contribution in [-0.2, 0) is 31.5 Å². The van der Waals surface area contributed by atoms with Gasteiger partial charge in [-0.05, 0) is 31.9 Å². The van der Waals surface area contributed by atoms with Gasteiger partial charge in [-0.25, -0.2) is 4.99 Å². The van der Waals surface area contributed by atoms with Gasteiger partial charge >= 0.3 is 0 Å². The smallest absolute Gasteiger partial charge is 0.191 e. The number of aryl methyl sites for hydroxylation is 2. The van der Waals surface area contributed by atoms with Crippen molar-refractivity contribution in [2.45, 2.75) is 40.5 Å². The summed E-state index contributed by atoms with van der Waals surface area (Å²) < 4.78 is 7.10. The normalized spacial score (nSPS) is 11.6. The van der Waals surface area contributed by atoms with Crippen molar-refractivity contribution in [3.63, 3.8) is 0 Å². The minimum atomic E-state index is 0.620. The highest BCUT2D eigenvalue weighted by Crippen LogP contribution is 2.11. The summed E-state index contributed by atoms with van der Waals surface area (Å²) in [4.78, 5) is 4.69. The van der Waals surface area contributed by atoms with E-state index in [1.54, 1.807) is 7.11 Å². The van der Waals surface area contributed by atoms with E-state index in [9.17, 15) is 0 Å².